The highest BCUT2D eigenvalue weighted by Crippen LogP contribution is 2.36. The minimum Gasteiger partial charge on any atom is -0.493 e. The predicted octanol–water partition coefficient (Wildman–Crippen LogP) is 8.45. The van der Waals surface area contributed by atoms with Crippen molar-refractivity contribution >= 4 is 29.0 Å². The first-order valence-corrected chi connectivity index (χ1v) is 18.9. The van der Waals surface area contributed by atoms with E-state index < -0.39 is 11.7 Å². The van der Waals surface area contributed by atoms with Crippen molar-refractivity contribution in [1.29, 1.82) is 0 Å². The number of nitrogens with one attached hydrogen (secondary N) is 1. The molecule has 3 aromatic carbocycles. The van der Waals surface area contributed by atoms with E-state index in [9.17, 15) is 4.79 Å². The molecule has 7 rings (SSSR count). The summed E-state index contributed by atoms with van der Waals surface area (Å²) in [4.78, 5) is 21.0. The van der Waals surface area contributed by atoms with Gasteiger partial charge in [0.15, 0.2) is 45.8 Å². The lowest BCUT2D eigenvalue weighted by atomic mass is 10.1. The Morgan fingerprint density at radius 3 is 1.69 bits per heavy atom. The number of carbonyl (C=O) groups is 1. The van der Waals surface area contributed by atoms with E-state index in [2.05, 4.69) is 20.5 Å². The summed E-state index contributed by atoms with van der Waals surface area (Å²) < 4.78 is 41.5. The molecule has 16 heteroatoms. The van der Waals surface area contributed by atoms with Crippen LogP contribution in [0, 0.1) is 0 Å². The third-order valence-electron chi connectivity index (χ3n) is 8.80. The molecule has 0 bridgehead atoms. The maximum atomic E-state index is 11.8. The van der Waals surface area contributed by atoms with Gasteiger partial charge in [0.25, 0.3) is 0 Å². The van der Waals surface area contributed by atoms with Crippen molar-refractivity contribution in [1.82, 2.24) is 34.5 Å². The number of rotatable bonds is 13. The molecule has 1 amide bonds. The second-order valence-electron chi connectivity index (χ2n) is 13.9. The second kappa shape index (κ2) is 18.7. The number of aromatic nitrogens is 6. The van der Waals surface area contributed by atoms with Crippen LogP contribution in [0.15, 0.2) is 91.5 Å². The number of hydrogen-bond acceptors (Lipinski definition) is 12. The lowest BCUT2D eigenvalue weighted by Gasteiger charge is -2.19. The number of methoxy groups -OCH3 is 5. The zero-order valence-corrected chi connectivity index (χ0v) is 34.9. The largest absolute Gasteiger partial charge is 0.493 e. The highest BCUT2D eigenvalue weighted by atomic mass is 35.5. The number of nitrogens with zero attached hydrogens (tertiary/aromatic N) is 6. The summed E-state index contributed by atoms with van der Waals surface area (Å²) >= 11 is 5.94. The zero-order valence-electron chi connectivity index (χ0n) is 34.1. The summed E-state index contributed by atoms with van der Waals surface area (Å²) in [5.74, 6) is 3.81. The Labute approximate surface area is 346 Å². The number of hydrogen-bond donors (Lipinski definition) is 1. The number of amides is 1. The lowest BCUT2D eigenvalue weighted by molar-refractivity contribution is 0.0525. The molecular weight excluding hydrogens is 778 g/mol. The van der Waals surface area contributed by atoms with Gasteiger partial charge in [-0.1, -0.05) is 23.7 Å². The van der Waals surface area contributed by atoms with E-state index >= 15 is 0 Å². The van der Waals surface area contributed by atoms with Crippen molar-refractivity contribution < 1.29 is 38.0 Å². The van der Waals surface area contributed by atoms with Gasteiger partial charge >= 0.3 is 6.09 Å². The third kappa shape index (κ3) is 10.0. The van der Waals surface area contributed by atoms with E-state index in [0.717, 1.165) is 33.5 Å². The number of ether oxygens (including phenoxy) is 7. The topological polar surface area (TPSA) is 154 Å². The molecule has 0 aliphatic carbocycles. The van der Waals surface area contributed by atoms with Crippen molar-refractivity contribution in [3.63, 3.8) is 0 Å². The Bertz CT molecular complexity index is 2550. The van der Waals surface area contributed by atoms with E-state index in [1.807, 2.05) is 87.6 Å². The molecule has 0 aliphatic heterocycles. The molecule has 0 atom stereocenters. The molecular formula is C43H46ClN7O8. The summed E-state index contributed by atoms with van der Waals surface area (Å²) in [6, 6.07) is 20.7. The van der Waals surface area contributed by atoms with Crippen LogP contribution in [0.2, 0.25) is 5.15 Å². The normalized spacial score (nSPS) is 11.1. The minimum atomic E-state index is -0.530. The van der Waals surface area contributed by atoms with Gasteiger partial charge in [0.2, 0.25) is 0 Å². The summed E-state index contributed by atoms with van der Waals surface area (Å²) in [6.45, 7) is 6.32. The van der Waals surface area contributed by atoms with E-state index in [4.69, 9.17) is 49.7 Å². The maximum absolute atomic E-state index is 11.8. The maximum Gasteiger partial charge on any atom is 0.407 e. The van der Waals surface area contributed by atoms with Crippen molar-refractivity contribution in [2.45, 2.75) is 32.8 Å². The minimum absolute atomic E-state index is 0.403. The molecule has 0 saturated carbocycles. The number of halogens is 1. The Hall–Kier alpha value is -6.74. The Morgan fingerprint density at radius 2 is 1.14 bits per heavy atom. The lowest BCUT2D eigenvalue weighted by Crippen LogP contribution is -2.33. The van der Waals surface area contributed by atoms with Crippen molar-refractivity contribution in [3.8, 4) is 68.0 Å². The first kappa shape index (κ1) is 41.9. The van der Waals surface area contributed by atoms with Crippen LogP contribution in [-0.4, -0.2) is 89.6 Å². The van der Waals surface area contributed by atoms with Gasteiger partial charge in [-0.15, -0.1) is 0 Å². The standard InChI is InChI=1S/C29H34N4O6.C14H12ClN3O2/c1-29(2,3)39-28(34)30-13-7-15-38-24-11-9-20(17-26(24)37-6)22-12-14-33-27(32-22)21(18-31-33)19-8-10-23(35-4)25(16-19)36-5;1-19-11-4-3-9(7-12(11)20-2)10-8-16-18-6-5-13(15)17-14(10)18/h8-12,14,16-18H,7,13,15H2,1-6H3,(H,30,34);3-8H,1-2H3. The molecule has 59 heavy (non-hydrogen) atoms. The summed E-state index contributed by atoms with van der Waals surface area (Å²) in [5.41, 5.74) is 6.10. The van der Waals surface area contributed by atoms with Gasteiger partial charge in [-0.05, 0) is 92.9 Å². The summed E-state index contributed by atoms with van der Waals surface area (Å²) in [5, 5.41) is 11.9. The van der Waals surface area contributed by atoms with Gasteiger partial charge in [-0.2, -0.15) is 10.2 Å². The van der Waals surface area contributed by atoms with Gasteiger partial charge in [0.1, 0.15) is 10.8 Å². The fourth-order valence-corrected chi connectivity index (χ4v) is 6.13. The van der Waals surface area contributed by atoms with Crippen LogP contribution in [0.25, 0.3) is 44.8 Å². The molecule has 4 heterocycles. The van der Waals surface area contributed by atoms with E-state index in [1.165, 1.54) is 0 Å². The third-order valence-corrected chi connectivity index (χ3v) is 9.01. The Kier molecular flexibility index (Phi) is 13.3. The van der Waals surface area contributed by atoms with Crippen LogP contribution in [0.5, 0.6) is 34.5 Å². The highest BCUT2D eigenvalue weighted by molar-refractivity contribution is 6.29. The van der Waals surface area contributed by atoms with Crippen LogP contribution in [0.3, 0.4) is 0 Å². The molecule has 15 nitrogen and oxygen atoms in total. The molecule has 0 radical (unpaired) electrons. The second-order valence-corrected chi connectivity index (χ2v) is 14.2. The van der Waals surface area contributed by atoms with E-state index in [0.29, 0.717) is 70.5 Å². The smallest absolute Gasteiger partial charge is 0.407 e. The first-order valence-electron chi connectivity index (χ1n) is 18.5. The van der Waals surface area contributed by atoms with Crippen LogP contribution in [-0.2, 0) is 4.74 Å². The van der Waals surface area contributed by atoms with Gasteiger partial charge in [-0.25, -0.2) is 23.8 Å². The van der Waals surface area contributed by atoms with Gasteiger partial charge in [-0.3, -0.25) is 0 Å². The van der Waals surface area contributed by atoms with Crippen molar-refractivity contribution in [2.75, 3.05) is 48.7 Å². The molecule has 4 aromatic heterocycles. The van der Waals surface area contributed by atoms with Crippen molar-refractivity contribution in [2.24, 2.45) is 0 Å². The zero-order chi connectivity index (χ0) is 42.1. The van der Waals surface area contributed by atoms with Crippen LogP contribution < -0.4 is 33.7 Å². The molecule has 308 valence electrons. The Balaban J connectivity index is 0.000000244. The fraction of sp³-hybridized carbons (Fsp3) is 0.279. The predicted molar refractivity (Wildman–Crippen MR) is 224 cm³/mol. The van der Waals surface area contributed by atoms with Crippen LogP contribution in [0.1, 0.15) is 27.2 Å². The van der Waals surface area contributed by atoms with Crippen LogP contribution >= 0.6 is 11.6 Å². The molecule has 0 spiro atoms. The summed E-state index contributed by atoms with van der Waals surface area (Å²) in [7, 11) is 8.02. The average Bonchev–Trinajstić information content (AvgIpc) is 3.86. The van der Waals surface area contributed by atoms with Crippen LogP contribution in [0.4, 0.5) is 4.79 Å². The average molecular weight is 824 g/mol. The highest BCUT2D eigenvalue weighted by Gasteiger charge is 2.17. The molecule has 0 unspecified atom stereocenters. The van der Waals surface area contributed by atoms with Crippen molar-refractivity contribution in [3.05, 3.63) is 96.7 Å². The molecule has 0 aliphatic rings. The van der Waals surface area contributed by atoms with Gasteiger partial charge < -0.3 is 38.5 Å². The number of fused-ring (bicyclic) bond motifs is 2. The summed E-state index contributed by atoms with van der Waals surface area (Å²) in [6.07, 6.45) is 7.34. The number of benzene rings is 3. The molecule has 7 aromatic rings. The van der Waals surface area contributed by atoms with Gasteiger partial charge in [0.05, 0.1) is 60.2 Å². The monoisotopic (exact) mass is 823 g/mol. The quantitative estimate of drug-likeness (QED) is 0.0877. The first-order chi connectivity index (χ1) is 28.4. The van der Waals surface area contributed by atoms with Gasteiger partial charge in [0, 0.05) is 35.6 Å². The fourth-order valence-electron chi connectivity index (χ4n) is 6.00. The number of alkyl carbamates (subject to hydrolysis) is 1. The Morgan fingerprint density at radius 1 is 0.644 bits per heavy atom. The number of carbonyl (C=O) groups excluding carboxylic acids is 1. The SMILES string of the molecule is COc1ccc(-c2cnn3ccc(-c4ccc(OCCCNC(=O)OC(C)(C)C)c(OC)c4)nc23)cc1OC.COc1ccc(-c2cnn3ccc(Cl)nc23)cc1OC. The molecule has 0 saturated heterocycles. The molecule has 0 fully saturated rings. The molecule has 1 N–H and O–H groups in total. The van der Waals surface area contributed by atoms with E-state index in [-0.39, 0.29) is 0 Å². The van der Waals surface area contributed by atoms with E-state index in [1.54, 1.807) is 69.2 Å².